The molecule has 0 saturated heterocycles. The molecule has 2 rings (SSSR count). The average Bonchev–Trinajstić information content (AvgIpc) is 2.61. The number of unbranched alkanes of at least 4 members (excludes halogenated alkanes) is 4. The van der Waals surface area contributed by atoms with Crippen molar-refractivity contribution >= 4 is 11.9 Å². The van der Waals surface area contributed by atoms with Gasteiger partial charge >= 0.3 is 0 Å². The van der Waals surface area contributed by atoms with Crippen molar-refractivity contribution in [2.45, 2.75) is 39.0 Å². The first-order valence-corrected chi connectivity index (χ1v) is 8.56. The Labute approximate surface area is 143 Å². The lowest BCUT2D eigenvalue weighted by Crippen LogP contribution is -2.00. The highest BCUT2D eigenvalue weighted by molar-refractivity contribution is 5.83. The molecule has 0 radical (unpaired) electrons. The lowest BCUT2D eigenvalue weighted by molar-refractivity contribution is 0.304. The number of para-hydroxylation sites is 1. The summed E-state index contributed by atoms with van der Waals surface area (Å²) in [5, 5.41) is 4.19. The molecule has 0 aliphatic carbocycles. The molecule has 2 aromatic carbocycles. The smallest absolute Gasteiger partial charge is 0.128 e. The highest BCUT2D eigenvalue weighted by Crippen LogP contribution is 2.17. The summed E-state index contributed by atoms with van der Waals surface area (Å²) in [4.78, 5) is 0. The van der Waals surface area contributed by atoms with E-state index in [9.17, 15) is 4.39 Å². The van der Waals surface area contributed by atoms with E-state index in [1.54, 1.807) is 18.3 Å². The predicted octanol–water partition coefficient (Wildman–Crippen LogP) is 5.62. The van der Waals surface area contributed by atoms with Crippen molar-refractivity contribution in [1.82, 2.24) is 0 Å². The molecule has 0 fully saturated rings. The first-order valence-electron chi connectivity index (χ1n) is 8.56. The van der Waals surface area contributed by atoms with E-state index < -0.39 is 0 Å². The van der Waals surface area contributed by atoms with Gasteiger partial charge in [-0.15, -0.1) is 0 Å². The lowest BCUT2D eigenvalue weighted by Gasteiger charge is -2.09. The highest BCUT2D eigenvalue weighted by atomic mass is 19.1. The molecule has 4 heteroatoms. The number of ether oxygens (including phenoxy) is 1. The van der Waals surface area contributed by atoms with Crippen LogP contribution in [-0.2, 0) is 0 Å². The Morgan fingerprint density at radius 1 is 1.00 bits per heavy atom. The average molecular weight is 328 g/mol. The summed E-state index contributed by atoms with van der Waals surface area (Å²) >= 11 is 0. The Morgan fingerprint density at radius 3 is 2.54 bits per heavy atom. The van der Waals surface area contributed by atoms with Crippen LogP contribution in [0.4, 0.5) is 10.1 Å². The molecular weight excluding hydrogens is 303 g/mol. The van der Waals surface area contributed by atoms with Crippen molar-refractivity contribution in [2.75, 3.05) is 12.0 Å². The minimum absolute atomic E-state index is 0.262. The number of nitrogens with zero attached hydrogens (tertiary/aromatic N) is 1. The molecule has 1 N–H and O–H groups in total. The normalized spacial score (nSPS) is 10.9. The first-order chi connectivity index (χ1) is 11.8. The van der Waals surface area contributed by atoms with E-state index >= 15 is 0 Å². The molecule has 0 aromatic heterocycles. The van der Waals surface area contributed by atoms with Gasteiger partial charge in [-0.25, -0.2) is 4.39 Å². The van der Waals surface area contributed by atoms with E-state index in [1.165, 1.54) is 37.8 Å². The van der Waals surface area contributed by atoms with E-state index in [-0.39, 0.29) is 5.82 Å². The minimum Gasteiger partial charge on any atom is -0.493 e. The third kappa shape index (κ3) is 6.41. The van der Waals surface area contributed by atoms with Crippen molar-refractivity contribution in [1.29, 1.82) is 0 Å². The molecule has 3 nitrogen and oxygen atoms in total. The summed E-state index contributed by atoms with van der Waals surface area (Å²) < 4.78 is 18.7. The van der Waals surface area contributed by atoms with Crippen LogP contribution in [0.15, 0.2) is 53.6 Å². The van der Waals surface area contributed by atoms with Gasteiger partial charge in [0.15, 0.2) is 0 Å². The summed E-state index contributed by atoms with van der Waals surface area (Å²) in [5.74, 6) is 0.569. The maximum Gasteiger partial charge on any atom is 0.128 e. The standard InChI is InChI=1S/C20H25FN2O/c1-2-3-4-5-8-15-24-20-10-7-6-9-17(20)16-22-23-19-13-11-18(21)12-14-19/h6-7,9-14,16,23H,2-5,8,15H2,1H3/b22-16+. The van der Waals surface area contributed by atoms with Crippen molar-refractivity contribution in [2.24, 2.45) is 5.10 Å². The van der Waals surface area contributed by atoms with E-state index in [1.807, 2.05) is 24.3 Å². The first kappa shape index (κ1) is 18.0. The van der Waals surface area contributed by atoms with Crippen LogP contribution in [0.1, 0.15) is 44.6 Å². The summed E-state index contributed by atoms with van der Waals surface area (Å²) in [7, 11) is 0. The van der Waals surface area contributed by atoms with Gasteiger partial charge in [-0.05, 0) is 42.8 Å². The van der Waals surface area contributed by atoms with Crippen LogP contribution in [-0.4, -0.2) is 12.8 Å². The van der Waals surface area contributed by atoms with Crippen molar-refractivity contribution in [3.8, 4) is 5.75 Å². The number of hydrogen-bond acceptors (Lipinski definition) is 3. The van der Waals surface area contributed by atoms with Crippen molar-refractivity contribution < 1.29 is 9.13 Å². The molecule has 128 valence electrons. The lowest BCUT2D eigenvalue weighted by atomic mass is 10.2. The Bertz CT molecular complexity index is 626. The van der Waals surface area contributed by atoms with E-state index in [0.29, 0.717) is 0 Å². The third-order valence-electron chi connectivity index (χ3n) is 3.67. The molecule has 0 amide bonds. The number of hydrazone groups is 1. The van der Waals surface area contributed by atoms with Gasteiger partial charge in [0.2, 0.25) is 0 Å². The number of nitrogens with one attached hydrogen (secondary N) is 1. The summed E-state index contributed by atoms with van der Waals surface area (Å²) in [6, 6.07) is 13.9. The van der Waals surface area contributed by atoms with Crippen LogP contribution >= 0.6 is 0 Å². The van der Waals surface area contributed by atoms with Crippen LogP contribution in [0.3, 0.4) is 0 Å². The molecule has 2 aromatic rings. The van der Waals surface area contributed by atoms with E-state index in [2.05, 4.69) is 17.5 Å². The van der Waals surface area contributed by atoms with Crippen LogP contribution in [0, 0.1) is 5.82 Å². The van der Waals surface area contributed by atoms with Crippen LogP contribution in [0.2, 0.25) is 0 Å². The Hall–Kier alpha value is -2.36. The van der Waals surface area contributed by atoms with Gasteiger partial charge in [-0.3, -0.25) is 5.43 Å². The maximum atomic E-state index is 12.9. The van der Waals surface area contributed by atoms with E-state index in [0.717, 1.165) is 30.0 Å². The minimum atomic E-state index is -0.262. The number of anilines is 1. The van der Waals surface area contributed by atoms with Gasteiger partial charge in [-0.1, -0.05) is 44.7 Å². The zero-order valence-electron chi connectivity index (χ0n) is 14.2. The molecule has 0 aliphatic heterocycles. The van der Waals surface area contributed by atoms with E-state index in [4.69, 9.17) is 4.74 Å². The van der Waals surface area contributed by atoms with Gasteiger partial charge in [0.05, 0.1) is 18.5 Å². The molecule has 0 heterocycles. The zero-order valence-corrected chi connectivity index (χ0v) is 14.2. The van der Waals surface area contributed by atoms with Crippen LogP contribution in [0.25, 0.3) is 0 Å². The summed E-state index contributed by atoms with van der Waals surface area (Å²) in [6.07, 6.45) is 7.80. The number of benzene rings is 2. The third-order valence-corrected chi connectivity index (χ3v) is 3.67. The number of halogens is 1. The van der Waals surface area contributed by atoms with Gasteiger partial charge in [0.25, 0.3) is 0 Å². The molecule has 24 heavy (non-hydrogen) atoms. The fourth-order valence-corrected chi connectivity index (χ4v) is 2.31. The highest BCUT2D eigenvalue weighted by Gasteiger charge is 2.00. The molecule has 0 aliphatic rings. The Balaban J connectivity index is 1.83. The largest absolute Gasteiger partial charge is 0.493 e. The van der Waals surface area contributed by atoms with Crippen LogP contribution < -0.4 is 10.2 Å². The number of hydrogen-bond donors (Lipinski definition) is 1. The van der Waals surface area contributed by atoms with Crippen molar-refractivity contribution in [3.63, 3.8) is 0 Å². The van der Waals surface area contributed by atoms with Crippen LogP contribution in [0.5, 0.6) is 5.75 Å². The van der Waals surface area contributed by atoms with Crippen molar-refractivity contribution in [3.05, 3.63) is 59.9 Å². The molecule has 0 unspecified atom stereocenters. The summed E-state index contributed by atoms with van der Waals surface area (Å²) in [5.41, 5.74) is 4.54. The van der Waals surface area contributed by atoms with Gasteiger partial charge in [0.1, 0.15) is 11.6 Å². The van der Waals surface area contributed by atoms with Gasteiger partial charge in [-0.2, -0.15) is 5.10 Å². The molecular formula is C20H25FN2O. The fraction of sp³-hybridized carbons (Fsp3) is 0.350. The quantitative estimate of drug-likeness (QED) is 0.349. The zero-order chi connectivity index (χ0) is 17.0. The second-order valence-corrected chi connectivity index (χ2v) is 5.68. The number of rotatable bonds is 10. The SMILES string of the molecule is CCCCCCCOc1ccccc1/C=N/Nc1ccc(F)cc1. The predicted molar refractivity (Wildman–Crippen MR) is 98.3 cm³/mol. The summed E-state index contributed by atoms with van der Waals surface area (Å²) in [6.45, 7) is 2.94. The topological polar surface area (TPSA) is 33.6 Å². The molecule has 0 spiro atoms. The molecule has 0 saturated carbocycles. The molecule has 0 bridgehead atoms. The van der Waals surface area contributed by atoms with Gasteiger partial charge in [0, 0.05) is 5.56 Å². The second-order valence-electron chi connectivity index (χ2n) is 5.68. The Kier molecular flexibility index (Phi) is 7.81. The van der Waals surface area contributed by atoms with Gasteiger partial charge < -0.3 is 4.74 Å². The Morgan fingerprint density at radius 2 is 1.75 bits per heavy atom. The molecule has 0 atom stereocenters. The maximum absolute atomic E-state index is 12.9. The second kappa shape index (κ2) is 10.4. The fourth-order valence-electron chi connectivity index (χ4n) is 2.31. The monoisotopic (exact) mass is 328 g/mol.